The van der Waals surface area contributed by atoms with Gasteiger partial charge in [0.25, 0.3) is 0 Å². The highest BCUT2D eigenvalue weighted by molar-refractivity contribution is 6.35. The Balaban J connectivity index is 1.97. The smallest absolute Gasteiger partial charge is 0.223 e. The number of hydrogen-bond acceptors (Lipinski definition) is 4. The molecule has 0 saturated carbocycles. The molecule has 0 aliphatic carbocycles. The van der Waals surface area contributed by atoms with Crippen LogP contribution in [0.5, 0.6) is 11.6 Å². The first-order valence-corrected chi connectivity index (χ1v) is 6.40. The second-order valence-electron chi connectivity index (χ2n) is 4.19. The summed E-state index contributed by atoms with van der Waals surface area (Å²) in [7, 11) is 0. The Morgan fingerprint density at radius 3 is 2.84 bits per heavy atom. The number of aromatic nitrogens is 2. The third kappa shape index (κ3) is 2.41. The van der Waals surface area contributed by atoms with Crippen LogP contribution in [-0.2, 0) is 6.42 Å². The molecule has 0 unspecified atom stereocenters. The molecular formula is C13H9Cl2N3O. The van der Waals surface area contributed by atoms with Gasteiger partial charge in [-0.05, 0) is 18.6 Å². The Morgan fingerprint density at radius 2 is 2.05 bits per heavy atom. The van der Waals surface area contributed by atoms with E-state index in [0.29, 0.717) is 21.8 Å². The summed E-state index contributed by atoms with van der Waals surface area (Å²) >= 11 is 12.1. The maximum absolute atomic E-state index is 6.30. The summed E-state index contributed by atoms with van der Waals surface area (Å²) in [6, 6.07) is 5.30. The molecule has 0 radical (unpaired) electrons. The zero-order valence-corrected chi connectivity index (χ0v) is 11.5. The molecule has 3 rings (SSSR count). The molecule has 0 bridgehead atoms. The average Bonchev–Trinajstić information content (AvgIpc) is 2.75. The molecule has 1 aromatic carbocycles. The van der Waals surface area contributed by atoms with Gasteiger partial charge in [-0.2, -0.15) is 0 Å². The van der Waals surface area contributed by atoms with E-state index in [-0.39, 0.29) is 0 Å². The van der Waals surface area contributed by atoms with Gasteiger partial charge in [0.2, 0.25) is 5.88 Å². The molecule has 1 aliphatic rings. The monoisotopic (exact) mass is 293 g/mol. The number of nitrogens with zero attached hydrogens (tertiary/aromatic N) is 3. The van der Waals surface area contributed by atoms with E-state index in [0.717, 1.165) is 23.4 Å². The number of fused-ring (bicyclic) bond motifs is 1. The first-order valence-electron chi connectivity index (χ1n) is 5.64. The Bertz CT molecular complexity index is 686. The van der Waals surface area contributed by atoms with Gasteiger partial charge >= 0.3 is 0 Å². The summed E-state index contributed by atoms with van der Waals surface area (Å²) in [5.74, 6) is 0.856. The predicted molar refractivity (Wildman–Crippen MR) is 75.0 cm³/mol. The van der Waals surface area contributed by atoms with Gasteiger partial charge in [-0.3, -0.25) is 4.99 Å². The van der Waals surface area contributed by atoms with E-state index in [2.05, 4.69) is 15.0 Å². The zero-order valence-electron chi connectivity index (χ0n) is 10.0. The number of halogens is 2. The van der Waals surface area contributed by atoms with Gasteiger partial charge in [0.1, 0.15) is 22.3 Å². The van der Waals surface area contributed by atoms with Gasteiger partial charge < -0.3 is 4.74 Å². The lowest BCUT2D eigenvalue weighted by Gasteiger charge is -2.08. The molecule has 0 spiro atoms. The van der Waals surface area contributed by atoms with E-state index >= 15 is 0 Å². The standard InChI is InChI=1S/C13H9Cl2N3O/c1-7-4-8-2-3-9(12(15)13(8)18-7)19-11-5-10(14)16-6-17-11/h2-3,5-6H,4H2,1H3. The average molecular weight is 294 g/mol. The molecule has 1 aliphatic heterocycles. The van der Waals surface area contributed by atoms with E-state index in [9.17, 15) is 0 Å². The maximum atomic E-state index is 6.30. The summed E-state index contributed by atoms with van der Waals surface area (Å²) in [5.41, 5.74) is 2.92. The minimum Gasteiger partial charge on any atom is -0.437 e. The molecule has 1 aromatic heterocycles. The van der Waals surface area contributed by atoms with Crippen molar-refractivity contribution in [3.8, 4) is 11.6 Å². The normalized spacial score (nSPS) is 13.1. The molecule has 0 N–H and O–H groups in total. The van der Waals surface area contributed by atoms with E-state index in [4.69, 9.17) is 27.9 Å². The van der Waals surface area contributed by atoms with Crippen molar-refractivity contribution in [3.05, 3.63) is 40.3 Å². The van der Waals surface area contributed by atoms with Crippen molar-refractivity contribution in [3.63, 3.8) is 0 Å². The Kier molecular flexibility index (Phi) is 3.12. The number of ether oxygens (including phenoxy) is 1. The van der Waals surface area contributed by atoms with Crippen LogP contribution in [0.3, 0.4) is 0 Å². The van der Waals surface area contributed by atoms with Crippen molar-refractivity contribution in [1.82, 2.24) is 9.97 Å². The summed E-state index contributed by atoms with van der Waals surface area (Å²) in [4.78, 5) is 12.2. The third-order valence-electron chi connectivity index (χ3n) is 2.74. The molecule has 2 heterocycles. The molecule has 4 nitrogen and oxygen atoms in total. The van der Waals surface area contributed by atoms with Crippen molar-refractivity contribution in [2.75, 3.05) is 0 Å². The molecule has 6 heteroatoms. The minimum atomic E-state index is 0.316. The Morgan fingerprint density at radius 1 is 1.21 bits per heavy atom. The Labute approximate surface area is 120 Å². The highest BCUT2D eigenvalue weighted by atomic mass is 35.5. The lowest BCUT2D eigenvalue weighted by Crippen LogP contribution is -1.91. The maximum Gasteiger partial charge on any atom is 0.223 e. The fourth-order valence-corrected chi connectivity index (χ4v) is 2.32. The summed E-state index contributed by atoms with van der Waals surface area (Å²) < 4.78 is 5.61. The van der Waals surface area contributed by atoms with Gasteiger partial charge in [-0.1, -0.05) is 29.3 Å². The van der Waals surface area contributed by atoms with E-state index in [1.165, 1.54) is 12.4 Å². The second-order valence-corrected chi connectivity index (χ2v) is 4.96. The van der Waals surface area contributed by atoms with Crippen molar-refractivity contribution >= 4 is 34.6 Å². The molecule has 19 heavy (non-hydrogen) atoms. The number of hydrogen-bond donors (Lipinski definition) is 0. The SMILES string of the molecule is CC1=Nc2c(ccc(Oc3cc(Cl)ncn3)c2Cl)C1. The van der Waals surface area contributed by atoms with Crippen LogP contribution in [0.25, 0.3) is 0 Å². The number of benzene rings is 1. The molecule has 96 valence electrons. The molecule has 0 amide bonds. The largest absolute Gasteiger partial charge is 0.437 e. The Hall–Kier alpha value is -1.65. The first kappa shape index (κ1) is 12.4. The van der Waals surface area contributed by atoms with Gasteiger partial charge in [-0.25, -0.2) is 9.97 Å². The van der Waals surface area contributed by atoms with E-state index in [1.54, 1.807) is 0 Å². The van der Waals surface area contributed by atoms with Crippen molar-refractivity contribution in [2.24, 2.45) is 4.99 Å². The van der Waals surface area contributed by atoms with Crippen molar-refractivity contribution in [2.45, 2.75) is 13.3 Å². The molecule has 0 atom stereocenters. The van der Waals surface area contributed by atoms with Crippen molar-refractivity contribution < 1.29 is 4.74 Å². The van der Waals surface area contributed by atoms with Crippen LogP contribution in [0.15, 0.2) is 29.5 Å². The first-order chi connectivity index (χ1) is 9.13. The number of aliphatic imine (C=N–C) groups is 1. The van der Waals surface area contributed by atoms with Crippen LogP contribution in [-0.4, -0.2) is 15.7 Å². The lowest BCUT2D eigenvalue weighted by atomic mass is 10.1. The molecule has 0 fully saturated rings. The summed E-state index contributed by atoms with van der Waals surface area (Å²) in [6.45, 7) is 1.97. The highest BCUT2D eigenvalue weighted by Crippen LogP contribution is 2.41. The summed E-state index contributed by atoms with van der Waals surface area (Å²) in [6.07, 6.45) is 2.16. The molecule has 2 aromatic rings. The van der Waals surface area contributed by atoms with Crippen LogP contribution in [0.1, 0.15) is 12.5 Å². The van der Waals surface area contributed by atoms with Crippen molar-refractivity contribution in [1.29, 1.82) is 0 Å². The minimum absolute atomic E-state index is 0.316. The van der Waals surface area contributed by atoms with Gasteiger partial charge in [0, 0.05) is 18.2 Å². The van der Waals surface area contributed by atoms with Gasteiger partial charge in [0.05, 0.1) is 5.69 Å². The highest BCUT2D eigenvalue weighted by Gasteiger charge is 2.18. The van der Waals surface area contributed by atoms with Crippen LogP contribution in [0.4, 0.5) is 5.69 Å². The number of rotatable bonds is 2. The predicted octanol–water partition coefficient (Wildman–Crippen LogP) is 4.22. The van der Waals surface area contributed by atoms with Crippen LogP contribution in [0, 0.1) is 0 Å². The van der Waals surface area contributed by atoms with Crippen LogP contribution < -0.4 is 4.74 Å². The molecular weight excluding hydrogens is 285 g/mol. The molecule has 0 saturated heterocycles. The summed E-state index contributed by atoms with van der Waals surface area (Å²) in [5, 5.41) is 0.806. The fraction of sp³-hybridized carbons (Fsp3) is 0.154. The van der Waals surface area contributed by atoms with Gasteiger partial charge in [-0.15, -0.1) is 0 Å². The van der Waals surface area contributed by atoms with E-state index < -0.39 is 0 Å². The quantitative estimate of drug-likeness (QED) is 0.779. The topological polar surface area (TPSA) is 47.4 Å². The zero-order chi connectivity index (χ0) is 13.4. The third-order valence-corrected chi connectivity index (χ3v) is 3.31. The van der Waals surface area contributed by atoms with Crippen LogP contribution >= 0.6 is 23.2 Å². The van der Waals surface area contributed by atoms with E-state index in [1.807, 2.05) is 19.1 Å². The second kappa shape index (κ2) is 4.79. The fourth-order valence-electron chi connectivity index (χ4n) is 1.92. The van der Waals surface area contributed by atoms with Gasteiger partial charge in [0.15, 0.2) is 0 Å². The lowest BCUT2D eigenvalue weighted by molar-refractivity contribution is 0.462. The van der Waals surface area contributed by atoms with Crippen LogP contribution in [0.2, 0.25) is 10.2 Å².